The van der Waals surface area contributed by atoms with Gasteiger partial charge < -0.3 is 10.1 Å². The number of hydrogen-bond acceptors (Lipinski definition) is 4. The van der Waals surface area contributed by atoms with E-state index in [9.17, 15) is 0 Å². The Hall–Kier alpha value is -1.62. The van der Waals surface area contributed by atoms with E-state index in [2.05, 4.69) is 45.1 Å². The van der Waals surface area contributed by atoms with Crippen molar-refractivity contribution in [3.05, 3.63) is 40.1 Å². The van der Waals surface area contributed by atoms with Crippen molar-refractivity contribution in [2.75, 3.05) is 11.9 Å². The summed E-state index contributed by atoms with van der Waals surface area (Å²) in [6.45, 7) is 9.00. The minimum Gasteiger partial charge on any atom is -0.439 e. The van der Waals surface area contributed by atoms with Crippen molar-refractivity contribution in [2.45, 2.75) is 33.6 Å². The first-order chi connectivity index (χ1) is 9.99. The highest BCUT2D eigenvalue weighted by Crippen LogP contribution is 2.28. The lowest BCUT2D eigenvalue weighted by Crippen LogP contribution is -2.06. The van der Waals surface area contributed by atoms with Gasteiger partial charge in [0.25, 0.3) is 0 Å². The van der Waals surface area contributed by atoms with E-state index in [1.807, 2.05) is 38.1 Å². The minimum absolute atomic E-state index is 0.247. The Morgan fingerprint density at radius 1 is 1.24 bits per heavy atom. The highest BCUT2D eigenvalue weighted by molar-refractivity contribution is 9.10. The Balaban J connectivity index is 2.33. The standard InChI is InChI=1S/C16H20BrN3O/c1-5-18-14-9-15(20-16(19-14)10(2)3)21-13-7-6-12(17)8-11(13)4/h6-10H,5H2,1-4H3,(H,18,19,20). The van der Waals surface area contributed by atoms with Gasteiger partial charge in [0.1, 0.15) is 17.4 Å². The summed E-state index contributed by atoms with van der Waals surface area (Å²) in [5.74, 6) is 3.18. The summed E-state index contributed by atoms with van der Waals surface area (Å²) >= 11 is 3.45. The second kappa shape index (κ2) is 6.89. The molecule has 0 amide bonds. The highest BCUT2D eigenvalue weighted by atomic mass is 79.9. The van der Waals surface area contributed by atoms with Gasteiger partial charge >= 0.3 is 0 Å². The van der Waals surface area contributed by atoms with E-state index in [-0.39, 0.29) is 5.92 Å². The lowest BCUT2D eigenvalue weighted by atomic mass is 10.2. The molecule has 0 aliphatic carbocycles. The summed E-state index contributed by atoms with van der Waals surface area (Å²) < 4.78 is 6.96. The number of aryl methyl sites for hydroxylation is 1. The van der Waals surface area contributed by atoms with Crippen LogP contribution in [-0.4, -0.2) is 16.5 Å². The molecule has 0 atom stereocenters. The Morgan fingerprint density at radius 3 is 2.62 bits per heavy atom. The molecule has 0 bridgehead atoms. The van der Waals surface area contributed by atoms with E-state index in [1.165, 1.54) is 0 Å². The third-order valence-corrected chi connectivity index (χ3v) is 3.44. The Bertz CT molecular complexity index is 629. The largest absolute Gasteiger partial charge is 0.439 e. The molecule has 0 unspecified atom stereocenters. The maximum atomic E-state index is 5.93. The predicted octanol–water partition coefficient (Wildman–Crippen LogP) is 4.90. The van der Waals surface area contributed by atoms with E-state index >= 15 is 0 Å². The first-order valence-corrected chi connectivity index (χ1v) is 7.85. The second-order valence-electron chi connectivity index (χ2n) is 5.15. The molecule has 0 fully saturated rings. The fourth-order valence-electron chi connectivity index (χ4n) is 1.86. The number of anilines is 1. The van der Waals surface area contributed by atoms with Crippen molar-refractivity contribution in [1.82, 2.24) is 9.97 Å². The van der Waals surface area contributed by atoms with Gasteiger partial charge in [-0.3, -0.25) is 0 Å². The lowest BCUT2D eigenvalue weighted by Gasteiger charge is -2.12. The van der Waals surface area contributed by atoms with Crippen LogP contribution in [0.25, 0.3) is 0 Å². The van der Waals surface area contributed by atoms with Crippen LogP contribution >= 0.6 is 15.9 Å². The summed E-state index contributed by atoms with van der Waals surface area (Å²) in [4.78, 5) is 8.98. The van der Waals surface area contributed by atoms with Crippen LogP contribution in [0.4, 0.5) is 5.82 Å². The third-order valence-electron chi connectivity index (χ3n) is 2.95. The van der Waals surface area contributed by atoms with Crippen LogP contribution in [0.1, 0.15) is 38.1 Å². The van der Waals surface area contributed by atoms with Crippen LogP contribution in [0, 0.1) is 6.92 Å². The Labute approximate surface area is 134 Å². The van der Waals surface area contributed by atoms with Gasteiger partial charge in [-0.15, -0.1) is 0 Å². The molecule has 0 saturated carbocycles. The molecule has 2 rings (SSSR count). The monoisotopic (exact) mass is 349 g/mol. The average molecular weight is 350 g/mol. The van der Waals surface area contributed by atoms with E-state index < -0.39 is 0 Å². The molecule has 0 aliphatic heterocycles. The van der Waals surface area contributed by atoms with Crippen LogP contribution in [0.3, 0.4) is 0 Å². The van der Waals surface area contributed by atoms with Gasteiger partial charge in [0.2, 0.25) is 5.88 Å². The van der Waals surface area contributed by atoms with Gasteiger partial charge in [0.15, 0.2) is 0 Å². The average Bonchev–Trinajstić information content (AvgIpc) is 2.42. The first kappa shape index (κ1) is 15.8. The molecule has 2 aromatic rings. The smallest absolute Gasteiger partial charge is 0.224 e. The van der Waals surface area contributed by atoms with Crippen molar-refractivity contribution in [3.63, 3.8) is 0 Å². The molecular weight excluding hydrogens is 330 g/mol. The fraction of sp³-hybridized carbons (Fsp3) is 0.375. The molecular formula is C16H20BrN3O. The van der Waals surface area contributed by atoms with Crippen LogP contribution in [0.5, 0.6) is 11.6 Å². The molecule has 0 saturated heterocycles. The predicted molar refractivity (Wildman–Crippen MR) is 89.2 cm³/mol. The Morgan fingerprint density at radius 2 is 2.00 bits per heavy atom. The van der Waals surface area contributed by atoms with Crippen molar-refractivity contribution in [2.24, 2.45) is 0 Å². The molecule has 1 aromatic carbocycles. The first-order valence-electron chi connectivity index (χ1n) is 7.06. The number of ether oxygens (including phenoxy) is 1. The molecule has 0 radical (unpaired) electrons. The molecule has 1 aromatic heterocycles. The summed E-state index contributed by atoms with van der Waals surface area (Å²) in [6.07, 6.45) is 0. The number of aromatic nitrogens is 2. The maximum Gasteiger partial charge on any atom is 0.224 e. The molecule has 1 N–H and O–H groups in total. The van der Waals surface area contributed by atoms with E-state index in [1.54, 1.807) is 0 Å². The summed E-state index contributed by atoms with van der Waals surface area (Å²) in [5.41, 5.74) is 1.05. The number of nitrogens with one attached hydrogen (secondary N) is 1. The van der Waals surface area contributed by atoms with Gasteiger partial charge in [0, 0.05) is 23.0 Å². The van der Waals surface area contributed by atoms with E-state index in [0.717, 1.165) is 34.0 Å². The van der Waals surface area contributed by atoms with Gasteiger partial charge in [-0.25, -0.2) is 4.98 Å². The molecule has 0 aliphatic rings. The summed E-state index contributed by atoms with van der Waals surface area (Å²) in [6, 6.07) is 7.74. The van der Waals surface area contributed by atoms with Crippen LogP contribution < -0.4 is 10.1 Å². The van der Waals surface area contributed by atoms with Crippen LogP contribution in [0.2, 0.25) is 0 Å². The normalized spacial score (nSPS) is 10.8. The lowest BCUT2D eigenvalue weighted by molar-refractivity contribution is 0.454. The summed E-state index contributed by atoms with van der Waals surface area (Å²) in [5, 5.41) is 3.21. The highest BCUT2D eigenvalue weighted by Gasteiger charge is 2.10. The SMILES string of the molecule is CCNc1cc(Oc2ccc(Br)cc2C)nc(C(C)C)n1. The molecule has 112 valence electrons. The van der Waals surface area contributed by atoms with Crippen LogP contribution in [0.15, 0.2) is 28.7 Å². The number of rotatable bonds is 5. The van der Waals surface area contributed by atoms with Gasteiger partial charge in [-0.05, 0) is 37.6 Å². The zero-order chi connectivity index (χ0) is 15.4. The number of hydrogen-bond donors (Lipinski definition) is 1. The topological polar surface area (TPSA) is 47.0 Å². The van der Waals surface area contributed by atoms with Crippen LogP contribution in [-0.2, 0) is 0 Å². The van der Waals surface area contributed by atoms with Crippen molar-refractivity contribution in [3.8, 4) is 11.6 Å². The summed E-state index contributed by atoms with van der Waals surface area (Å²) in [7, 11) is 0. The van der Waals surface area contributed by atoms with Gasteiger partial charge in [0.05, 0.1) is 0 Å². The minimum atomic E-state index is 0.247. The van der Waals surface area contributed by atoms with Crippen molar-refractivity contribution < 1.29 is 4.74 Å². The number of halogens is 1. The Kier molecular flexibility index (Phi) is 5.17. The number of benzene rings is 1. The van der Waals surface area contributed by atoms with Crippen molar-refractivity contribution >= 4 is 21.7 Å². The quantitative estimate of drug-likeness (QED) is 0.834. The fourth-order valence-corrected chi connectivity index (χ4v) is 2.34. The van der Waals surface area contributed by atoms with E-state index in [4.69, 9.17) is 4.74 Å². The molecule has 4 nitrogen and oxygen atoms in total. The van der Waals surface area contributed by atoms with E-state index in [0.29, 0.717) is 5.88 Å². The van der Waals surface area contributed by atoms with Crippen molar-refractivity contribution in [1.29, 1.82) is 0 Å². The third kappa shape index (κ3) is 4.17. The molecule has 21 heavy (non-hydrogen) atoms. The second-order valence-corrected chi connectivity index (χ2v) is 6.06. The van der Waals surface area contributed by atoms with Gasteiger partial charge in [-0.2, -0.15) is 4.98 Å². The van der Waals surface area contributed by atoms with Gasteiger partial charge in [-0.1, -0.05) is 29.8 Å². The molecule has 1 heterocycles. The molecule has 5 heteroatoms. The zero-order valence-electron chi connectivity index (χ0n) is 12.8. The zero-order valence-corrected chi connectivity index (χ0v) is 14.4. The maximum absolute atomic E-state index is 5.93. The number of nitrogens with zero attached hydrogens (tertiary/aromatic N) is 2. The molecule has 0 spiro atoms.